The van der Waals surface area contributed by atoms with Crippen LogP contribution in [0, 0.1) is 6.92 Å². The lowest BCUT2D eigenvalue weighted by atomic mass is 9.88. The summed E-state index contributed by atoms with van der Waals surface area (Å²) in [7, 11) is 5.74. The molecule has 0 spiro atoms. The summed E-state index contributed by atoms with van der Waals surface area (Å²) in [5, 5.41) is 0. The van der Waals surface area contributed by atoms with Crippen molar-refractivity contribution in [2.45, 2.75) is 13.8 Å². The van der Waals surface area contributed by atoms with Gasteiger partial charge in [0.1, 0.15) is 7.85 Å². The largest absolute Gasteiger partial charge is 0.463 e. The maximum atomic E-state index is 11.1. The van der Waals surface area contributed by atoms with Crippen molar-refractivity contribution in [3.8, 4) is 0 Å². The Morgan fingerprint density at radius 3 is 2.93 bits per heavy atom. The third-order valence-corrected chi connectivity index (χ3v) is 2.10. The quantitative estimate of drug-likeness (QED) is 0.418. The summed E-state index contributed by atoms with van der Waals surface area (Å²) < 4.78 is 4.78. The molecule has 0 heterocycles. The Balaban J connectivity index is 2.81. The second kappa shape index (κ2) is 5.39. The first-order valence-electron chi connectivity index (χ1n) is 4.85. The number of ether oxygens (including phenoxy) is 1. The van der Waals surface area contributed by atoms with Crippen molar-refractivity contribution in [2.75, 3.05) is 6.61 Å². The zero-order valence-electron chi connectivity index (χ0n) is 8.99. The van der Waals surface area contributed by atoms with Crippen LogP contribution in [0.2, 0.25) is 0 Å². The number of carbonyl (C=O) groups excluding carboxylic acids is 1. The summed E-state index contributed by atoms with van der Waals surface area (Å²) in [6.45, 7) is 4.08. The number of benzene rings is 1. The van der Waals surface area contributed by atoms with Gasteiger partial charge in [-0.1, -0.05) is 29.2 Å². The summed E-state index contributed by atoms with van der Waals surface area (Å²) in [5.74, 6) is -0.334. The average Bonchev–Trinajstić information content (AvgIpc) is 2.21. The summed E-state index contributed by atoms with van der Waals surface area (Å²) in [4.78, 5) is 11.1. The molecule has 0 aliphatic rings. The van der Waals surface area contributed by atoms with E-state index in [1.54, 1.807) is 13.0 Å². The highest BCUT2D eigenvalue weighted by molar-refractivity contribution is 6.33. The minimum Gasteiger partial charge on any atom is -0.463 e. The smallest absolute Gasteiger partial charge is 0.330 e. The van der Waals surface area contributed by atoms with E-state index >= 15 is 0 Å². The monoisotopic (exact) mass is 200 g/mol. The lowest BCUT2D eigenvalue weighted by Gasteiger charge is -2.03. The molecule has 76 valence electrons. The second-order valence-corrected chi connectivity index (χ2v) is 3.15. The second-order valence-electron chi connectivity index (χ2n) is 3.15. The predicted molar refractivity (Wildman–Crippen MR) is 62.2 cm³/mol. The van der Waals surface area contributed by atoms with Crippen molar-refractivity contribution in [1.29, 1.82) is 0 Å². The van der Waals surface area contributed by atoms with E-state index in [1.807, 2.05) is 25.1 Å². The molecule has 2 nitrogen and oxygen atoms in total. The molecule has 0 aromatic heterocycles. The number of rotatable bonds is 3. The van der Waals surface area contributed by atoms with Crippen molar-refractivity contribution in [3.05, 3.63) is 35.4 Å². The van der Waals surface area contributed by atoms with Crippen molar-refractivity contribution in [2.24, 2.45) is 0 Å². The van der Waals surface area contributed by atoms with Crippen LogP contribution in [0.4, 0.5) is 0 Å². The van der Waals surface area contributed by atoms with Gasteiger partial charge in [-0.2, -0.15) is 0 Å². The van der Waals surface area contributed by atoms with Gasteiger partial charge in [0.05, 0.1) is 6.61 Å². The Hall–Kier alpha value is -1.51. The van der Waals surface area contributed by atoms with Gasteiger partial charge in [0, 0.05) is 6.08 Å². The molecule has 0 saturated heterocycles. The highest BCUT2D eigenvalue weighted by Crippen LogP contribution is 2.06. The maximum absolute atomic E-state index is 11.1. The molecule has 0 aliphatic heterocycles. The fourth-order valence-corrected chi connectivity index (χ4v) is 1.20. The normalized spacial score (nSPS) is 10.5. The third kappa shape index (κ3) is 3.28. The Labute approximate surface area is 91.4 Å². The first kappa shape index (κ1) is 11.6. The molecular weight excluding hydrogens is 187 g/mol. The minimum absolute atomic E-state index is 0.334. The van der Waals surface area contributed by atoms with E-state index in [-0.39, 0.29) is 5.97 Å². The molecule has 0 unspecified atom stereocenters. The predicted octanol–water partition coefficient (Wildman–Crippen LogP) is 1.37. The molecule has 0 saturated carbocycles. The lowest BCUT2D eigenvalue weighted by molar-refractivity contribution is -0.137. The van der Waals surface area contributed by atoms with E-state index in [9.17, 15) is 4.79 Å². The van der Waals surface area contributed by atoms with Crippen molar-refractivity contribution in [3.63, 3.8) is 0 Å². The van der Waals surface area contributed by atoms with Crippen LogP contribution >= 0.6 is 0 Å². The highest BCUT2D eigenvalue weighted by Gasteiger charge is 1.98. The molecule has 1 aromatic rings. The van der Waals surface area contributed by atoms with E-state index in [2.05, 4.69) is 0 Å². The fraction of sp³-hybridized carbons (Fsp3) is 0.250. The van der Waals surface area contributed by atoms with Crippen LogP contribution in [0.15, 0.2) is 24.3 Å². The first-order chi connectivity index (χ1) is 7.15. The van der Waals surface area contributed by atoms with Gasteiger partial charge < -0.3 is 4.74 Å². The number of carbonyl (C=O) groups is 1. The maximum Gasteiger partial charge on any atom is 0.330 e. The molecule has 1 rings (SSSR count). The van der Waals surface area contributed by atoms with Crippen molar-refractivity contribution < 1.29 is 9.53 Å². The average molecular weight is 200 g/mol. The first-order valence-corrected chi connectivity index (χ1v) is 4.85. The molecule has 15 heavy (non-hydrogen) atoms. The van der Waals surface area contributed by atoms with Crippen LogP contribution in [0.1, 0.15) is 18.1 Å². The molecule has 0 aliphatic carbocycles. The lowest BCUT2D eigenvalue weighted by Crippen LogP contribution is -2.07. The molecule has 0 bridgehead atoms. The molecule has 3 heteroatoms. The van der Waals surface area contributed by atoms with Crippen molar-refractivity contribution >= 4 is 25.4 Å². The fourth-order valence-electron chi connectivity index (χ4n) is 1.20. The summed E-state index contributed by atoms with van der Waals surface area (Å²) in [6, 6.07) is 5.59. The van der Waals surface area contributed by atoms with E-state index in [1.165, 1.54) is 6.08 Å². The number of esters is 1. The molecule has 0 amide bonds. The summed E-state index contributed by atoms with van der Waals surface area (Å²) in [6.07, 6.45) is 3.12. The SMILES string of the molecule is [B]c1cccc(/C=C/C(=O)OCC)c1C. The van der Waals surface area contributed by atoms with Crippen LogP contribution in [0.5, 0.6) is 0 Å². The van der Waals surface area contributed by atoms with Crippen LogP contribution < -0.4 is 5.46 Å². The van der Waals surface area contributed by atoms with Gasteiger partial charge in [-0.05, 0) is 25.5 Å². The minimum atomic E-state index is -0.334. The van der Waals surface area contributed by atoms with E-state index in [0.29, 0.717) is 6.61 Å². The van der Waals surface area contributed by atoms with Crippen LogP contribution in [0.25, 0.3) is 6.08 Å². The molecule has 2 radical (unpaired) electrons. The van der Waals surface area contributed by atoms with Crippen LogP contribution in [-0.2, 0) is 9.53 Å². The molecular formula is C12H13BO2. The standard InChI is InChI=1S/C12H13BO2/c1-3-15-12(14)8-7-10-5-4-6-11(13)9(10)2/h4-8H,3H2,1-2H3/b8-7+. The molecule has 1 aromatic carbocycles. The highest BCUT2D eigenvalue weighted by atomic mass is 16.5. The molecule has 0 fully saturated rings. The summed E-state index contributed by atoms with van der Waals surface area (Å²) in [5.41, 5.74) is 2.63. The Kier molecular flexibility index (Phi) is 4.16. The topological polar surface area (TPSA) is 26.3 Å². The van der Waals surface area contributed by atoms with E-state index in [0.717, 1.165) is 16.6 Å². The van der Waals surface area contributed by atoms with Crippen LogP contribution in [-0.4, -0.2) is 20.4 Å². The van der Waals surface area contributed by atoms with Gasteiger partial charge >= 0.3 is 5.97 Å². The zero-order chi connectivity index (χ0) is 11.3. The Bertz CT molecular complexity index is 383. The Morgan fingerprint density at radius 2 is 2.27 bits per heavy atom. The van der Waals surface area contributed by atoms with Gasteiger partial charge in [0.2, 0.25) is 0 Å². The van der Waals surface area contributed by atoms with Gasteiger partial charge in [0.25, 0.3) is 0 Å². The van der Waals surface area contributed by atoms with Gasteiger partial charge in [0.15, 0.2) is 0 Å². The van der Waals surface area contributed by atoms with Gasteiger partial charge in [-0.3, -0.25) is 0 Å². The van der Waals surface area contributed by atoms with E-state index in [4.69, 9.17) is 12.6 Å². The van der Waals surface area contributed by atoms with Crippen LogP contribution in [0.3, 0.4) is 0 Å². The van der Waals surface area contributed by atoms with E-state index < -0.39 is 0 Å². The molecule has 0 N–H and O–H groups in total. The zero-order valence-corrected chi connectivity index (χ0v) is 8.99. The Morgan fingerprint density at radius 1 is 1.53 bits per heavy atom. The third-order valence-electron chi connectivity index (χ3n) is 2.10. The number of hydrogen-bond donors (Lipinski definition) is 0. The number of hydrogen-bond acceptors (Lipinski definition) is 2. The van der Waals surface area contributed by atoms with Gasteiger partial charge in [-0.15, -0.1) is 0 Å². The van der Waals surface area contributed by atoms with Gasteiger partial charge in [-0.25, -0.2) is 4.79 Å². The van der Waals surface area contributed by atoms with Crippen molar-refractivity contribution in [1.82, 2.24) is 0 Å². The summed E-state index contributed by atoms with van der Waals surface area (Å²) >= 11 is 0. The molecule has 0 atom stereocenters.